The van der Waals surface area contributed by atoms with E-state index in [1.54, 1.807) is 6.07 Å². The Hall–Kier alpha value is -2.93. The van der Waals surface area contributed by atoms with E-state index in [0.29, 0.717) is 29.2 Å². The summed E-state index contributed by atoms with van der Waals surface area (Å²) < 4.78 is 2.41. The molecular formula is C20H23N5OS. The number of nitrogens with zero attached hydrogens (tertiary/aromatic N) is 2. The first-order chi connectivity index (χ1) is 13.0. The summed E-state index contributed by atoms with van der Waals surface area (Å²) in [6, 6.07) is 13.5. The fourth-order valence-electron chi connectivity index (χ4n) is 2.89. The van der Waals surface area contributed by atoms with Crippen LogP contribution in [0.15, 0.2) is 42.5 Å². The smallest absolute Gasteiger partial charge is 0.253 e. The Morgan fingerprint density at radius 1 is 1.15 bits per heavy atom. The molecule has 1 amide bonds. The topological polar surface area (TPSA) is 74.7 Å². The minimum atomic E-state index is -0.167. The van der Waals surface area contributed by atoms with E-state index >= 15 is 0 Å². The summed E-state index contributed by atoms with van der Waals surface area (Å²) in [7, 11) is 0. The third kappa shape index (κ3) is 4.09. The fourth-order valence-corrected chi connectivity index (χ4v) is 3.17. The van der Waals surface area contributed by atoms with Gasteiger partial charge < -0.3 is 15.2 Å². The number of hydrogen-bond donors (Lipinski definition) is 3. The number of hydrogen-bond acceptors (Lipinski definition) is 4. The predicted molar refractivity (Wildman–Crippen MR) is 110 cm³/mol. The number of rotatable bonds is 6. The number of carbonyl (C=O) groups is 1. The molecule has 1 aromatic heterocycles. The third-order valence-corrected chi connectivity index (χ3v) is 4.92. The Balaban J connectivity index is 1.79. The Bertz CT molecular complexity index is 1020. The lowest BCUT2D eigenvalue weighted by molar-refractivity contribution is 0.0950. The number of carbonyl (C=O) groups excluding carboxylic acids is 1. The van der Waals surface area contributed by atoms with Crippen molar-refractivity contribution >= 4 is 29.5 Å². The zero-order valence-electron chi connectivity index (χ0n) is 15.7. The van der Waals surface area contributed by atoms with E-state index < -0.39 is 0 Å². The predicted octanol–water partition coefficient (Wildman–Crippen LogP) is 4.25. The molecule has 0 aliphatic carbocycles. The van der Waals surface area contributed by atoms with Crippen LogP contribution in [0.25, 0.3) is 0 Å². The van der Waals surface area contributed by atoms with Crippen LogP contribution in [-0.2, 0) is 13.1 Å². The van der Waals surface area contributed by atoms with Crippen molar-refractivity contribution in [2.45, 2.75) is 33.9 Å². The van der Waals surface area contributed by atoms with Crippen LogP contribution in [0.2, 0.25) is 0 Å². The van der Waals surface area contributed by atoms with Gasteiger partial charge in [-0.25, -0.2) is 0 Å². The average Bonchev–Trinajstić information content (AvgIpc) is 3.03. The Morgan fingerprint density at radius 2 is 1.89 bits per heavy atom. The highest BCUT2D eigenvalue weighted by Crippen LogP contribution is 2.25. The second-order valence-electron chi connectivity index (χ2n) is 6.29. The zero-order chi connectivity index (χ0) is 19.4. The van der Waals surface area contributed by atoms with Crippen LogP contribution in [0.1, 0.15) is 34.2 Å². The number of aromatic nitrogens is 3. The summed E-state index contributed by atoms with van der Waals surface area (Å²) in [5, 5.41) is 13.2. The molecule has 0 bridgehead atoms. The number of aryl methyl sites for hydroxylation is 1. The van der Waals surface area contributed by atoms with Gasteiger partial charge in [0.1, 0.15) is 0 Å². The molecule has 0 fully saturated rings. The molecule has 0 unspecified atom stereocenters. The van der Waals surface area contributed by atoms with Crippen molar-refractivity contribution in [3.63, 3.8) is 0 Å². The Morgan fingerprint density at radius 3 is 2.67 bits per heavy atom. The number of anilines is 2. The fraction of sp³-hybridized carbons (Fsp3) is 0.250. The van der Waals surface area contributed by atoms with Crippen molar-refractivity contribution in [1.82, 2.24) is 20.1 Å². The first-order valence-corrected chi connectivity index (χ1v) is 9.26. The molecule has 6 nitrogen and oxygen atoms in total. The van der Waals surface area contributed by atoms with Crippen LogP contribution >= 0.6 is 12.2 Å². The van der Waals surface area contributed by atoms with Crippen LogP contribution in [0, 0.1) is 18.6 Å². The first kappa shape index (κ1) is 18.8. The van der Waals surface area contributed by atoms with Gasteiger partial charge >= 0.3 is 0 Å². The first-order valence-electron chi connectivity index (χ1n) is 8.85. The molecule has 0 radical (unpaired) electrons. The number of nitrogens with one attached hydrogen (secondary N) is 3. The second kappa shape index (κ2) is 8.18. The van der Waals surface area contributed by atoms with Crippen molar-refractivity contribution in [3.8, 4) is 0 Å². The molecular weight excluding hydrogens is 358 g/mol. The summed E-state index contributed by atoms with van der Waals surface area (Å²) in [5.74, 6) is 0.538. The minimum Gasteiger partial charge on any atom is -0.355 e. The molecule has 1 heterocycles. The van der Waals surface area contributed by atoms with Crippen LogP contribution in [0.3, 0.4) is 0 Å². The lowest BCUT2D eigenvalue weighted by Crippen LogP contribution is -2.25. The molecule has 3 rings (SSSR count). The maximum Gasteiger partial charge on any atom is 0.253 e. The molecule has 0 saturated heterocycles. The summed E-state index contributed by atoms with van der Waals surface area (Å²) >= 11 is 5.18. The molecule has 7 heteroatoms. The van der Waals surface area contributed by atoms with E-state index in [4.69, 9.17) is 12.2 Å². The van der Waals surface area contributed by atoms with Gasteiger partial charge in [-0.05, 0) is 62.3 Å². The van der Waals surface area contributed by atoms with Gasteiger partial charge in [0.05, 0.1) is 17.8 Å². The van der Waals surface area contributed by atoms with Gasteiger partial charge in [-0.15, -0.1) is 0 Å². The molecule has 140 valence electrons. The van der Waals surface area contributed by atoms with Gasteiger partial charge in [-0.2, -0.15) is 5.10 Å². The van der Waals surface area contributed by atoms with Crippen molar-refractivity contribution in [2.75, 3.05) is 5.32 Å². The lowest BCUT2D eigenvalue weighted by atomic mass is 10.1. The molecule has 0 saturated carbocycles. The third-order valence-electron chi connectivity index (χ3n) is 4.61. The van der Waals surface area contributed by atoms with Gasteiger partial charge in [-0.1, -0.05) is 24.3 Å². The van der Waals surface area contributed by atoms with E-state index in [1.165, 1.54) is 5.56 Å². The van der Waals surface area contributed by atoms with E-state index in [0.717, 1.165) is 16.9 Å². The standard InChI is InChI=1S/C20H23N5OS/c1-4-25-18(23-24-20(25)27)12-21-19(26)15-9-5-6-10-17(15)22-16-11-7-8-13(2)14(16)3/h5-11,22H,4,12H2,1-3H3,(H,21,26)(H,24,27). The van der Waals surface area contributed by atoms with Crippen LogP contribution in [-0.4, -0.2) is 20.7 Å². The number of benzene rings is 2. The minimum absolute atomic E-state index is 0.167. The van der Waals surface area contributed by atoms with Crippen LogP contribution in [0.4, 0.5) is 11.4 Å². The monoisotopic (exact) mass is 381 g/mol. The lowest BCUT2D eigenvalue weighted by Gasteiger charge is -2.15. The number of amides is 1. The quantitative estimate of drug-likeness (QED) is 0.558. The number of para-hydroxylation sites is 1. The van der Waals surface area contributed by atoms with Crippen LogP contribution in [0.5, 0.6) is 0 Å². The summed E-state index contributed by atoms with van der Waals surface area (Å²) in [6.45, 7) is 7.12. The summed E-state index contributed by atoms with van der Waals surface area (Å²) in [5.41, 5.74) is 4.69. The summed E-state index contributed by atoms with van der Waals surface area (Å²) in [4.78, 5) is 12.8. The van der Waals surface area contributed by atoms with Gasteiger partial charge in [0, 0.05) is 12.2 Å². The Labute approximate surface area is 163 Å². The maximum absolute atomic E-state index is 12.8. The van der Waals surface area contributed by atoms with Crippen molar-refractivity contribution in [3.05, 3.63) is 69.8 Å². The molecule has 0 atom stereocenters. The van der Waals surface area contributed by atoms with Crippen LogP contribution < -0.4 is 10.6 Å². The highest BCUT2D eigenvalue weighted by molar-refractivity contribution is 7.71. The Kier molecular flexibility index (Phi) is 5.71. The summed E-state index contributed by atoms with van der Waals surface area (Å²) in [6.07, 6.45) is 0. The zero-order valence-corrected chi connectivity index (χ0v) is 16.5. The van der Waals surface area contributed by atoms with Gasteiger partial charge in [-0.3, -0.25) is 9.89 Å². The highest BCUT2D eigenvalue weighted by Gasteiger charge is 2.13. The normalized spacial score (nSPS) is 10.6. The number of H-pyrrole nitrogens is 1. The number of aromatic amines is 1. The SMILES string of the molecule is CCn1c(CNC(=O)c2ccccc2Nc2cccc(C)c2C)n[nH]c1=S. The molecule has 0 aliphatic heterocycles. The van der Waals surface area contributed by atoms with Crippen molar-refractivity contribution in [1.29, 1.82) is 0 Å². The maximum atomic E-state index is 12.8. The molecule has 3 aromatic rings. The van der Waals surface area contributed by atoms with E-state index in [9.17, 15) is 4.79 Å². The van der Waals surface area contributed by atoms with E-state index in [2.05, 4.69) is 40.7 Å². The van der Waals surface area contributed by atoms with Gasteiger partial charge in [0.2, 0.25) is 0 Å². The molecule has 27 heavy (non-hydrogen) atoms. The van der Waals surface area contributed by atoms with E-state index in [-0.39, 0.29) is 5.91 Å². The molecule has 3 N–H and O–H groups in total. The highest BCUT2D eigenvalue weighted by atomic mass is 32.1. The van der Waals surface area contributed by atoms with Crippen molar-refractivity contribution in [2.24, 2.45) is 0 Å². The largest absolute Gasteiger partial charge is 0.355 e. The molecule has 2 aromatic carbocycles. The molecule has 0 aliphatic rings. The molecule has 0 spiro atoms. The second-order valence-corrected chi connectivity index (χ2v) is 6.68. The average molecular weight is 382 g/mol. The van der Waals surface area contributed by atoms with Crippen molar-refractivity contribution < 1.29 is 4.79 Å². The van der Waals surface area contributed by atoms with Gasteiger partial charge in [0.15, 0.2) is 10.6 Å². The van der Waals surface area contributed by atoms with Gasteiger partial charge in [0.25, 0.3) is 5.91 Å². The van der Waals surface area contributed by atoms with E-state index in [1.807, 2.05) is 41.8 Å².